The van der Waals surface area contributed by atoms with E-state index in [1.807, 2.05) is 13.8 Å². The molecule has 0 aliphatic carbocycles. The Kier molecular flexibility index (Phi) is 5.50. The molecule has 106 valence electrons. The van der Waals surface area contributed by atoms with E-state index in [1.165, 1.54) is 0 Å². The van der Waals surface area contributed by atoms with Crippen molar-refractivity contribution in [3.63, 3.8) is 0 Å². The molecule has 1 aromatic heterocycles. The Bertz CT molecular complexity index is 453. The molecule has 0 fully saturated rings. The molecule has 0 radical (unpaired) electrons. The second kappa shape index (κ2) is 6.89. The first-order valence-electron chi connectivity index (χ1n) is 5.97. The number of nitrogens with one attached hydrogen (secondary N) is 1. The van der Waals surface area contributed by atoms with Gasteiger partial charge in [-0.25, -0.2) is 4.79 Å². The number of aromatic nitrogens is 1. The number of rotatable bonds is 7. The molecule has 0 spiro atoms. The monoisotopic (exact) mass is 270 g/mol. The largest absolute Gasteiger partial charge is 0.480 e. The molecule has 0 unspecified atom stereocenters. The van der Waals surface area contributed by atoms with Gasteiger partial charge in [0.1, 0.15) is 12.2 Å². The maximum absolute atomic E-state index is 12.0. The van der Waals surface area contributed by atoms with Crippen molar-refractivity contribution in [1.29, 1.82) is 0 Å². The normalized spacial score (nSPS) is 10.7. The van der Waals surface area contributed by atoms with Gasteiger partial charge in [0.15, 0.2) is 5.76 Å². The predicted molar refractivity (Wildman–Crippen MR) is 66.1 cm³/mol. The van der Waals surface area contributed by atoms with Crippen molar-refractivity contribution in [2.24, 2.45) is 0 Å². The van der Waals surface area contributed by atoms with E-state index < -0.39 is 5.97 Å². The summed E-state index contributed by atoms with van der Waals surface area (Å²) in [5.74, 6) is -0.726. The molecule has 0 saturated carbocycles. The van der Waals surface area contributed by atoms with Crippen LogP contribution in [0.3, 0.4) is 0 Å². The fourth-order valence-corrected chi connectivity index (χ4v) is 1.54. The minimum atomic E-state index is -1.04. The molecule has 7 heteroatoms. The first kappa shape index (κ1) is 15.2. The molecule has 0 aliphatic rings. The van der Waals surface area contributed by atoms with E-state index >= 15 is 0 Å². The third kappa shape index (κ3) is 4.36. The first-order chi connectivity index (χ1) is 8.93. The van der Waals surface area contributed by atoms with E-state index in [-0.39, 0.29) is 31.6 Å². The number of aryl methyl sites for hydroxylation is 1. The summed E-state index contributed by atoms with van der Waals surface area (Å²) in [6, 6.07) is 0. The van der Waals surface area contributed by atoms with Gasteiger partial charge in [0.2, 0.25) is 0 Å². The molecule has 0 saturated heterocycles. The highest BCUT2D eigenvalue weighted by Crippen LogP contribution is 2.21. The van der Waals surface area contributed by atoms with Crippen LogP contribution in [0.15, 0.2) is 4.52 Å². The van der Waals surface area contributed by atoms with Crippen molar-refractivity contribution in [1.82, 2.24) is 10.5 Å². The van der Waals surface area contributed by atoms with Crippen LogP contribution < -0.4 is 5.32 Å². The van der Waals surface area contributed by atoms with E-state index in [4.69, 9.17) is 14.4 Å². The Morgan fingerprint density at radius 2 is 2.16 bits per heavy atom. The highest BCUT2D eigenvalue weighted by molar-refractivity contribution is 5.96. The number of carbonyl (C=O) groups excluding carboxylic acids is 1. The van der Waals surface area contributed by atoms with E-state index in [9.17, 15) is 9.59 Å². The lowest BCUT2D eigenvalue weighted by atomic mass is 10.0. The lowest BCUT2D eigenvalue weighted by Gasteiger charge is -2.07. The van der Waals surface area contributed by atoms with Crippen molar-refractivity contribution in [2.75, 3.05) is 19.8 Å². The Hall–Kier alpha value is -1.89. The number of aliphatic carboxylic acids is 1. The molecule has 0 bridgehead atoms. The molecular formula is C12H18N2O5. The van der Waals surface area contributed by atoms with Gasteiger partial charge in [-0.1, -0.05) is 19.0 Å². The minimum Gasteiger partial charge on any atom is -0.480 e. The quantitative estimate of drug-likeness (QED) is 0.715. The van der Waals surface area contributed by atoms with Crippen molar-refractivity contribution in [2.45, 2.75) is 26.7 Å². The highest BCUT2D eigenvalue weighted by atomic mass is 16.5. The van der Waals surface area contributed by atoms with Gasteiger partial charge in [0.25, 0.3) is 5.91 Å². The fourth-order valence-electron chi connectivity index (χ4n) is 1.54. The van der Waals surface area contributed by atoms with E-state index in [2.05, 4.69) is 10.5 Å². The zero-order chi connectivity index (χ0) is 14.4. The minimum absolute atomic E-state index is 0.0604. The van der Waals surface area contributed by atoms with Gasteiger partial charge in [-0.2, -0.15) is 0 Å². The molecule has 1 aromatic rings. The lowest BCUT2D eigenvalue weighted by Crippen LogP contribution is -2.29. The summed E-state index contributed by atoms with van der Waals surface area (Å²) in [6.07, 6.45) is 0. The Balaban J connectivity index is 2.50. The van der Waals surface area contributed by atoms with Crippen molar-refractivity contribution in [3.05, 3.63) is 17.0 Å². The van der Waals surface area contributed by atoms with Crippen LogP contribution in [0.1, 0.15) is 41.6 Å². The van der Waals surface area contributed by atoms with Gasteiger partial charge in [-0.3, -0.25) is 4.79 Å². The van der Waals surface area contributed by atoms with E-state index in [0.29, 0.717) is 17.0 Å². The van der Waals surface area contributed by atoms with Crippen LogP contribution in [-0.2, 0) is 9.53 Å². The molecule has 2 N–H and O–H groups in total. The van der Waals surface area contributed by atoms with Gasteiger partial charge in [0.05, 0.1) is 12.3 Å². The Morgan fingerprint density at radius 1 is 1.47 bits per heavy atom. The fraction of sp³-hybridized carbons (Fsp3) is 0.583. The second-order valence-corrected chi connectivity index (χ2v) is 4.36. The van der Waals surface area contributed by atoms with E-state index in [0.717, 1.165) is 0 Å². The maximum atomic E-state index is 12.0. The van der Waals surface area contributed by atoms with Crippen molar-refractivity contribution in [3.8, 4) is 0 Å². The SMILES string of the molecule is Cc1noc(C(C)C)c1C(=O)NCCOCC(=O)O. The molecule has 1 heterocycles. The van der Waals surface area contributed by atoms with Crippen molar-refractivity contribution < 1.29 is 24.0 Å². The lowest BCUT2D eigenvalue weighted by molar-refractivity contribution is -0.142. The van der Waals surface area contributed by atoms with Crippen LogP contribution in [0.4, 0.5) is 0 Å². The average molecular weight is 270 g/mol. The summed E-state index contributed by atoms with van der Waals surface area (Å²) in [4.78, 5) is 22.2. The smallest absolute Gasteiger partial charge is 0.329 e. The third-order valence-electron chi connectivity index (χ3n) is 2.40. The number of nitrogens with zero attached hydrogens (tertiary/aromatic N) is 1. The second-order valence-electron chi connectivity index (χ2n) is 4.36. The molecule has 0 aliphatic heterocycles. The summed E-state index contributed by atoms with van der Waals surface area (Å²) < 4.78 is 9.93. The molecular weight excluding hydrogens is 252 g/mol. The van der Waals surface area contributed by atoms with Crippen LogP contribution in [-0.4, -0.2) is 41.9 Å². The Morgan fingerprint density at radius 3 is 2.74 bits per heavy atom. The average Bonchev–Trinajstić information content (AvgIpc) is 2.70. The topological polar surface area (TPSA) is 102 Å². The predicted octanol–water partition coefficient (Wildman–Crippen LogP) is 0.937. The van der Waals surface area contributed by atoms with Crippen LogP contribution >= 0.6 is 0 Å². The van der Waals surface area contributed by atoms with Gasteiger partial charge in [0, 0.05) is 12.5 Å². The zero-order valence-electron chi connectivity index (χ0n) is 11.2. The number of ether oxygens (including phenoxy) is 1. The molecule has 1 rings (SSSR count). The highest BCUT2D eigenvalue weighted by Gasteiger charge is 2.22. The summed E-state index contributed by atoms with van der Waals surface area (Å²) in [5, 5.41) is 14.8. The third-order valence-corrected chi connectivity index (χ3v) is 2.40. The van der Waals surface area contributed by atoms with Crippen LogP contribution in [0, 0.1) is 6.92 Å². The van der Waals surface area contributed by atoms with Gasteiger partial charge in [-0.05, 0) is 6.92 Å². The number of hydrogen-bond donors (Lipinski definition) is 2. The van der Waals surface area contributed by atoms with Gasteiger partial charge in [-0.15, -0.1) is 0 Å². The summed E-state index contributed by atoms with van der Waals surface area (Å²) in [7, 11) is 0. The standard InChI is InChI=1S/C12H18N2O5/c1-7(2)11-10(8(3)14-19-11)12(17)13-4-5-18-6-9(15)16/h7H,4-6H2,1-3H3,(H,13,17)(H,15,16). The van der Waals surface area contributed by atoms with Crippen LogP contribution in [0.25, 0.3) is 0 Å². The van der Waals surface area contributed by atoms with E-state index in [1.54, 1.807) is 6.92 Å². The molecule has 7 nitrogen and oxygen atoms in total. The van der Waals surface area contributed by atoms with Crippen molar-refractivity contribution >= 4 is 11.9 Å². The summed E-state index contributed by atoms with van der Waals surface area (Å²) in [6.45, 7) is 5.51. The number of carboxylic acid groups (broad SMARTS) is 1. The van der Waals surface area contributed by atoms with Gasteiger partial charge < -0.3 is 19.7 Å². The zero-order valence-corrected chi connectivity index (χ0v) is 11.2. The Labute approximate surface area is 110 Å². The maximum Gasteiger partial charge on any atom is 0.329 e. The molecule has 19 heavy (non-hydrogen) atoms. The molecule has 0 atom stereocenters. The first-order valence-corrected chi connectivity index (χ1v) is 5.97. The number of hydrogen-bond acceptors (Lipinski definition) is 5. The molecule has 1 amide bonds. The summed E-state index contributed by atoms with van der Waals surface area (Å²) >= 11 is 0. The number of carbonyl (C=O) groups is 2. The number of amides is 1. The molecule has 0 aromatic carbocycles. The van der Waals surface area contributed by atoms with Gasteiger partial charge >= 0.3 is 5.97 Å². The summed E-state index contributed by atoms with van der Waals surface area (Å²) in [5.41, 5.74) is 0.973. The number of carboxylic acids is 1. The van der Waals surface area contributed by atoms with Crippen LogP contribution in [0.2, 0.25) is 0 Å². The van der Waals surface area contributed by atoms with Crippen LogP contribution in [0.5, 0.6) is 0 Å².